The molecular formula is C72H140O17P2. The number of hydrogen-bond acceptors (Lipinski definition) is 15. The van der Waals surface area contributed by atoms with E-state index in [-0.39, 0.29) is 25.7 Å². The molecule has 0 rings (SSSR count). The van der Waals surface area contributed by atoms with Crippen molar-refractivity contribution in [1.29, 1.82) is 0 Å². The van der Waals surface area contributed by atoms with Gasteiger partial charge in [0.2, 0.25) is 0 Å². The average molecular weight is 1340 g/mol. The van der Waals surface area contributed by atoms with Gasteiger partial charge in [0.15, 0.2) is 12.2 Å². The highest BCUT2D eigenvalue weighted by molar-refractivity contribution is 7.47. The summed E-state index contributed by atoms with van der Waals surface area (Å²) in [6.45, 7) is 14.1. The van der Waals surface area contributed by atoms with E-state index in [0.717, 1.165) is 120 Å². The molecule has 0 bridgehead atoms. The number of ether oxygens (including phenoxy) is 4. The van der Waals surface area contributed by atoms with Gasteiger partial charge in [-0.05, 0) is 49.4 Å². The number of rotatable bonds is 69. The van der Waals surface area contributed by atoms with Crippen LogP contribution >= 0.6 is 15.6 Å². The smallest absolute Gasteiger partial charge is 0.462 e. The van der Waals surface area contributed by atoms with Crippen molar-refractivity contribution in [2.75, 3.05) is 39.6 Å². The first-order chi connectivity index (χ1) is 43.6. The zero-order valence-electron chi connectivity index (χ0n) is 59.5. The van der Waals surface area contributed by atoms with E-state index in [1.165, 1.54) is 154 Å². The molecule has 540 valence electrons. The predicted molar refractivity (Wildman–Crippen MR) is 367 cm³/mol. The van der Waals surface area contributed by atoms with Crippen molar-refractivity contribution < 1.29 is 80.2 Å². The summed E-state index contributed by atoms with van der Waals surface area (Å²) in [6, 6.07) is 0. The third-order valence-corrected chi connectivity index (χ3v) is 18.8. The van der Waals surface area contributed by atoms with E-state index < -0.39 is 97.5 Å². The van der Waals surface area contributed by atoms with Gasteiger partial charge in [0.1, 0.15) is 19.3 Å². The summed E-state index contributed by atoms with van der Waals surface area (Å²) in [4.78, 5) is 72.6. The average Bonchev–Trinajstić information content (AvgIpc) is 3.69. The minimum Gasteiger partial charge on any atom is -0.462 e. The largest absolute Gasteiger partial charge is 0.472 e. The summed E-state index contributed by atoms with van der Waals surface area (Å²) in [6.07, 6.45) is 44.5. The van der Waals surface area contributed by atoms with Crippen LogP contribution in [0.2, 0.25) is 0 Å². The molecule has 0 aromatic rings. The monoisotopic (exact) mass is 1340 g/mol. The molecule has 17 nitrogen and oxygen atoms in total. The Labute approximate surface area is 556 Å². The van der Waals surface area contributed by atoms with Gasteiger partial charge in [0, 0.05) is 25.7 Å². The van der Waals surface area contributed by atoms with Crippen molar-refractivity contribution in [3.63, 3.8) is 0 Å². The van der Waals surface area contributed by atoms with Gasteiger partial charge < -0.3 is 33.8 Å². The van der Waals surface area contributed by atoms with Gasteiger partial charge in [-0.3, -0.25) is 37.3 Å². The Hall–Kier alpha value is -1.94. The van der Waals surface area contributed by atoms with E-state index in [0.29, 0.717) is 25.7 Å². The highest BCUT2D eigenvalue weighted by Gasteiger charge is 2.30. The van der Waals surface area contributed by atoms with E-state index in [2.05, 4.69) is 55.4 Å². The van der Waals surface area contributed by atoms with Crippen molar-refractivity contribution in [3.05, 3.63) is 0 Å². The normalized spacial score (nSPS) is 14.5. The van der Waals surface area contributed by atoms with Crippen LogP contribution in [0.25, 0.3) is 0 Å². The fourth-order valence-electron chi connectivity index (χ4n) is 10.8. The summed E-state index contributed by atoms with van der Waals surface area (Å²) in [5.74, 6) is 0.868. The fraction of sp³-hybridized carbons (Fsp3) is 0.944. The maximum absolute atomic E-state index is 13.0. The Balaban J connectivity index is 5.23. The van der Waals surface area contributed by atoms with Crippen LogP contribution < -0.4 is 0 Å². The first-order valence-electron chi connectivity index (χ1n) is 37.2. The number of esters is 4. The lowest BCUT2D eigenvalue weighted by Gasteiger charge is -2.21. The van der Waals surface area contributed by atoms with E-state index in [4.69, 9.17) is 37.0 Å². The molecule has 6 atom stereocenters. The molecule has 0 aliphatic carbocycles. The second-order valence-electron chi connectivity index (χ2n) is 27.6. The van der Waals surface area contributed by atoms with Gasteiger partial charge in [0.25, 0.3) is 0 Å². The predicted octanol–water partition coefficient (Wildman–Crippen LogP) is 20.5. The maximum atomic E-state index is 13.0. The SMILES string of the molecule is CCC(C)CCCCCCCCC(=O)OC[C@H](COP(=O)(O)OC[C@H](O)COP(=O)(O)OC[C@@H](COC(=O)CCCCCCCCCCC(C)C)OC(=O)CCCCCCCCCCCC(C)C)OC(=O)CCCCCCCCCCCCCCCCCC(C)C. The molecule has 0 saturated carbocycles. The molecule has 0 aliphatic rings. The molecule has 0 aromatic carbocycles. The maximum Gasteiger partial charge on any atom is 0.472 e. The van der Waals surface area contributed by atoms with Crippen LogP contribution in [0.3, 0.4) is 0 Å². The standard InChI is InChI=1S/C72H140O17P2/c1-9-65(8)51-43-35-30-31-37-45-53-70(75)83-59-68(89-71(76)54-46-38-28-20-16-14-12-10-11-13-15-18-24-32-40-48-62(2)3)61-87-91(80,81)85-57-66(73)56-84-90(78,79)86-60-67(58-82-69(74)52-44-36-27-23-22-26-34-42-50-64(6)7)88-72(77)55-47-39-29-21-17-19-25-33-41-49-63(4)5/h62-68,73H,9-61H2,1-8H3,(H,78,79)(H,80,81)/t65?,66-,67-,68-/m1/s1. The van der Waals surface area contributed by atoms with Crippen LogP contribution in [-0.4, -0.2) is 96.7 Å². The lowest BCUT2D eigenvalue weighted by atomic mass is 10.00. The fourth-order valence-corrected chi connectivity index (χ4v) is 12.4. The molecule has 0 radical (unpaired) electrons. The van der Waals surface area contributed by atoms with Crippen molar-refractivity contribution >= 4 is 39.5 Å². The van der Waals surface area contributed by atoms with Gasteiger partial charge in [-0.2, -0.15) is 0 Å². The minimum absolute atomic E-state index is 0.104. The number of unbranched alkanes of at least 4 members (excludes halogenated alkanes) is 34. The highest BCUT2D eigenvalue weighted by Crippen LogP contribution is 2.45. The molecule has 0 aromatic heterocycles. The van der Waals surface area contributed by atoms with Crippen LogP contribution in [0.5, 0.6) is 0 Å². The molecule has 91 heavy (non-hydrogen) atoms. The Morgan fingerprint density at radius 3 is 0.780 bits per heavy atom. The number of carbonyl (C=O) groups excluding carboxylic acids is 4. The topological polar surface area (TPSA) is 237 Å². The molecule has 19 heteroatoms. The van der Waals surface area contributed by atoms with Crippen molar-refractivity contribution in [2.24, 2.45) is 23.7 Å². The summed E-state index contributed by atoms with van der Waals surface area (Å²) >= 11 is 0. The number of hydrogen-bond donors (Lipinski definition) is 3. The summed E-state index contributed by atoms with van der Waals surface area (Å²) in [5.41, 5.74) is 0. The molecule has 0 saturated heterocycles. The summed E-state index contributed by atoms with van der Waals surface area (Å²) in [7, 11) is -9.91. The molecule has 3 unspecified atom stereocenters. The Bertz CT molecular complexity index is 1800. The number of carbonyl (C=O) groups is 4. The van der Waals surface area contributed by atoms with Gasteiger partial charge in [-0.15, -0.1) is 0 Å². The van der Waals surface area contributed by atoms with Crippen molar-refractivity contribution in [2.45, 2.75) is 375 Å². The summed E-state index contributed by atoms with van der Waals surface area (Å²) < 4.78 is 68.3. The van der Waals surface area contributed by atoms with E-state index in [9.17, 15) is 43.2 Å². The molecule has 0 heterocycles. The summed E-state index contributed by atoms with van der Waals surface area (Å²) in [5, 5.41) is 10.6. The van der Waals surface area contributed by atoms with Crippen LogP contribution in [-0.2, 0) is 65.4 Å². The van der Waals surface area contributed by atoms with Crippen LogP contribution in [0, 0.1) is 23.7 Å². The first-order valence-corrected chi connectivity index (χ1v) is 40.2. The Morgan fingerprint density at radius 2 is 0.527 bits per heavy atom. The molecular weight excluding hydrogens is 1200 g/mol. The van der Waals surface area contributed by atoms with Crippen LogP contribution in [0.1, 0.15) is 357 Å². The highest BCUT2D eigenvalue weighted by atomic mass is 31.2. The van der Waals surface area contributed by atoms with Crippen LogP contribution in [0.4, 0.5) is 0 Å². The zero-order valence-corrected chi connectivity index (χ0v) is 61.3. The second-order valence-corrected chi connectivity index (χ2v) is 30.6. The number of aliphatic hydroxyl groups is 1. The van der Waals surface area contributed by atoms with E-state index >= 15 is 0 Å². The molecule has 0 spiro atoms. The molecule has 0 aliphatic heterocycles. The zero-order chi connectivity index (χ0) is 67.5. The van der Waals surface area contributed by atoms with E-state index in [1.807, 2.05) is 0 Å². The second kappa shape index (κ2) is 61.6. The van der Waals surface area contributed by atoms with Gasteiger partial charge in [-0.1, -0.05) is 306 Å². The number of aliphatic hydroxyl groups excluding tert-OH is 1. The van der Waals surface area contributed by atoms with Gasteiger partial charge in [-0.25, -0.2) is 9.13 Å². The van der Waals surface area contributed by atoms with E-state index in [1.54, 1.807) is 0 Å². The molecule has 3 N–H and O–H groups in total. The lowest BCUT2D eigenvalue weighted by Crippen LogP contribution is -2.30. The molecule has 0 amide bonds. The van der Waals surface area contributed by atoms with Crippen molar-refractivity contribution in [3.8, 4) is 0 Å². The number of phosphoric ester groups is 2. The van der Waals surface area contributed by atoms with Crippen molar-refractivity contribution in [1.82, 2.24) is 0 Å². The lowest BCUT2D eigenvalue weighted by molar-refractivity contribution is -0.161. The number of phosphoric acid groups is 2. The first kappa shape index (κ1) is 89.1. The molecule has 0 fully saturated rings. The van der Waals surface area contributed by atoms with Gasteiger partial charge in [0.05, 0.1) is 26.4 Å². The Kier molecular flexibility index (Phi) is 60.3. The minimum atomic E-state index is -4.95. The Morgan fingerprint density at radius 1 is 0.308 bits per heavy atom. The third-order valence-electron chi connectivity index (χ3n) is 16.9. The van der Waals surface area contributed by atoms with Crippen LogP contribution in [0.15, 0.2) is 0 Å². The van der Waals surface area contributed by atoms with Gasteiger partial charge >= 0.3 is 39.5 Å². The quantitative estimate of drug-likeness (QED) is 0.0222. The third kappa shape index (κ3) is 65.1.